The first-order valence-corrected chi connectivity index (χ1v) is 7.45. The standard InChI is InChI=1S/C15H21ClN2O/c16-14-3-1-13(2-4-14)11-18-8-5-15(6-9-18)12-17-7-10-19-15/h1-4,17H,5-12H2. The number of nitrogens with zero attached hydrogens (tertiary/aromatic N) is 1. The van der Waals surface area contributed by atoms with Crippen LogP contribution in [0.1, 0.15) is 18.4 Å². The van der Waals surface area contributed by atoms with Crippen molar-refractivity contribution in [1.29, 1.82) is 0 Å². The van der Waals surface area contributed by atoms with Crippen LogP contribution in [0.3, 0.4) is 0 Å². The molecule has 1 aromatic rings. The second-order valence-electron chi connectivity index (χ2n) is 5.61. The molecule has 3 rings (SSSR count). The molecule has 0 amide bonds. The van der Waals surface area contributed by atoms with Crippen molar-refractivity contribution in [2.24, 2.45) is 0 Å². The van der Waals surface area contributed by atoms with Crippen molar-refractivity contribution in [3.8, 4) is 0 Å². The lowest BCUT2D eigenvalue weighted by Gasteiger charge is -2.44. The van der Waals surface area contributed by atoms with Crippen LogP contribution in [-0.4, -0.2) is 43.3 Å². The number of piperidine rings is 1. The third-order valence-electron chi connectivity index (χ3n) is 4.22. The fourth-order valence-electron chi connectivity index (χ4n) is 2.99. The van der Waals surface area contributed by atoms with Gasteiger partial charge in [0.05, 0.1) is 12.2 Å². The molecule has 2 aliphatic heterocycles. The van der Waals surface area contributed by atoms with Crippen molar-refractivity contribution in [2.45, 2.75) is 25.0 Å². The van der Waals surface area contributed by atoms with Crippen LogP contribution < -0.4 is 5.32 Å². The number of ether oxygens (including phenoxy) is 1. The number of nitrogens with one attached hydrogen (secondary N) is 1. The molecule has 0 aromatic heterocycles. The first kappa shape index (κ1) is 13.4. The van der Waals surface area contributed by atoms with E-state index >= 15 is 0 Å². The molecule has 1 N–H and O–H groups in total. The Morgan fingerprint density at radius 1 is 1.21 bits per heavy atom. The fraction of sp³-hybridized carbons (Fsp3) is 0.600. The second-order valence-corrected chi connectivity index (χ2v) is 6.05. The van der Waals surface area contributed by atoms with Crippen LogP contribution in [0.4, 0.5) is 0 Å². The molecule has 0 unspecified atom stereocenters. The van der Waals surface area contributed by atoms with Gasteiger partial charge in [-0.15, -0.1) is 0 Å². The van der Waals surface area contributed by atoms with Crippen LogP contribution in [0.5, 0.6) is 0 Å². The van der Waals surface area contributed by atoms with Gasteiger partial charge in [-0.3, -0.25) is 4.90 Å². The van der Waals surface area contributed by atoms with E-state index in [1.54, 1.807) is 0 Å². The number of hydrogen-bond acceptors (Lipinski definition) is 3. The highest BCUT2D eigenvalue weighted by Gasteiger charge is 2.36. The van der Waals surface area contributed by atoms with Gasteiger partial charge in [-0.25, -0.2) is 0 Å². The van der Waals surface area contributed by atoms with Crippen LogP contribution in [-0.2, 0) is 11.3 Å². The SMILES string of the molecule is Clc1ccc(CN2CCC3(CC2)CNCCO3)cc1. The number of rotatable bonds is 2. The van der Waals surface area contributed by atoms with Gasteiger partial charge >= 0.3 is 0 Å². The van der Waals surface area contributed by atoms with Crippen molar-refractivity contribution >= 4 is 11.6 Å². The average molecular weight is 281 g/mol. The van der Waals surface area contributed by atoms with E-state index in [0.717, 1.165) is 57.2 Å². The average Bonchev–Trinajstić information content (AvgIpc) is 2.45. The van der Waals surface area contributed by atoms with Crippen molar-refractivity contribution in [3.63, 3.8) is 0 Å². The lowest BCUT2D eigenvalue weighted by molar-refractivity contribution is -0.100. The molecule has 2 aliphatic rings. The summed E-state index contributed by atoms with van der Waals surface area (Å²) in [5.41, 5.74) is 1.44. The molecular weight excluding hydrogens is 260 g/mol. The normalized spacial score (nSPS) is 23.6. The van der Waals surface area contributed by atoms with Gasteiger partial charge in [-0.1, -0.05) is 23.7 Å². The molecule has 4 heteroatoms. The van der Waals surface area contributed by atoms with Crippen LogP contribution in [0.15, 0.2) is 24.3 Å². The van der Waals surface area contributed by atoms with E-state index in [9.17, 15) is 0 Å². The van der Waals surface area contributed by atoms with Crippen molar-refractivity contribution in [3.05, 3.63) is 34.9 Å². The molecule has 1 spiro atoms. The van der Waals surface area contributed by atoms with E-state index in [1.807, 2.05) is 12.1 Å². The van der Waals surface area contributed by atoms with Gasteiger partial charge in [-0.05, 0) is 30.5 Å². The molecule has 0 atom stereocenters. The maximum Gasteiger partial charge on any atom is 0.0831 e. The van der Waals surface area contributed by atoms with E-state index in [-0.39, 0.29) is 5.60 Å². The topological polar surface area (TPSA) is 24.5 Å². The van der Waals surface area contributed by atoms with Gasteiger partial charge in [0.15, 0.2) is 0 Å². The molecule has 2 fully saturated rings. The van der Waals surface area contributed by atoms with Crippen molar-refractivity contribution < 1.29 is 4.74 Å². The van der Waals surface area contributed by atoms with Gasteiger partial charge in [0.25, 0.3) is 0 Å². The number of morpholine rings is 1. The quantitative estimate of drug-likeness (QED) is 0.900. The highest BCUT2D eigenvalue weighted by Crippen LogP contribution is 2.28. The number of halogens is 1. The predicted octanol–water partition coefficient (Wildman–Crippen LogP) is 2.29. The smallest absolute Gasteiger partial charge is 0.0831 e. The molecular formula is C15H21ClN2O. The fourth-order valence-corrected chi connectivity index (χ4v) is 3.12. The Bertz CT molecular complexity index is 405. The minimum atomic E-state index is 0.106. The summed E-state index contributed by atoms with van der Waals surface area (Å²) in [6.45, 7) is 6.12. The van der Waals surface area contributed by atoms with Gasteiger partial charge < -0.3 is 10.1 Å². The first-order chi connectivity index (χ1) is 9.26. The highest BCUT2D eigenvalue weighted by atomic mass is 35.5. The summed E-state index contributed by atoms with van der Waals surface area (Å²) in [4.78, 5) is 2.51. The van der Waals surface area contributed by atoms with Crippen LogP contribution >= 0.6 is 11.6 Å². The zero-order valence-corrected chi connectivity index (χ0v) is 12.0. The Hall–Kier alpha value is -0.610. The maximum atomic E-state index is 6.01. The van der Waals surface area contributed by atoms with E-state index in [1.165, 1.54) is 5.56 Å². The summed E-state index contributed by atoms with van der Waals surface area (Å²) in [5, 5.41) is 4.27. The third-order valence-corrected chi connectivity index (χ3v) is 4.47. The Morgan fingerprint density at radius 2 is 1.95 bits per heavy atom. The van der Waals surface area contributed by atoms with Crippen molar-refractivity contribution in [1.82, 2.24) is 10.2 Å². The van der Waals surface area contributed by atoms with E-state index in [0.29, 0.717) is 0 Å². The molecule has 2 heterocycles. The third kappa shape index (κ3) is 3.29. The monoisotopic (exact) mass is 280 g/mol. The summed E-state index contributed by atoms with van der Waals surface area (Å²) in [7, 11) is 0. The zero-order chi connectivity index (χ0) is 13.1. The molecule has 0 aliphatic carbocycles. The maximum absolute atomic E-state index is 6.01. The number of likely N-dealkylation sites (tertiary alicyclic amines) is 1. The molecule has 2 saturated heterocycles. The Balaban J connectivity index is 1.54. The molecule has 19 heavy (non-hydrogen) atoms. The molecule has 0 saturated carbocycles. The predicted molar refractivity (Wildman–Crippen MR) is 77.5 cm³/mol. The summed E-state index contributed by atoms with van der Waals surface area (Å²) < 4.78 is 6.01. The Morgan fingerprint density at radius 3 is 2.58 bits per heavy atom. The van der Waals surface area contributed by atoms with Crippen LogP contribution in [0.25, 0.3) is 0 Å². The molecule has 104 valence electrons. The van der Waals surface area contributed by atoms with Crippen LogP contribution in [0, 0.1) is 0 Å². The van der Waals surface area contributed by atoms with Gasteiger partial charge in [0.1, 0.15) is 0 Å². The van der Waals surface area contributed by atoms with E-state index < -0.39 is 0 Å². The lowest BCUT2D eigenvalue weighted by atomic mass is 9.90. The largest absolute Gasteiger partial charge is 0.372 e. The zero-order valence-electron chi connectivity index (χ0n) is 11.2. The second kappa shape index (κ2) is 5.80. The minimum Gasteiger partial charge on any atom is -0.372 e. The van der Waals surface area contributed by atoms with Gasteiger partial charge in [-0.2, -0.15) is 0 Å². The Kier molecular flexibility index (Phi) is 4.08. The summed E-state index contributed by atoms with van der Waals surface area (Å²) in [6, 6.07) is 8.17. The molecule has 0 radical (unpaired) electrons. The van der Waals surface area contributed by atoms with Gasteiger partial charge in [0.2, 0.25) is 0 Å². The van der Waals surface area contributed by atoms with Crippen LogP contribution in [0.2, 0.25) is 5.02 Å². The van der Waals surface area contributed by atoms with E-state index in [4.69, 9.17) is 16.3 Å². The molecule has 0 bridgehead atoms. The first-order valence-electron chi connectivity index (χ1n) is 7.07. The summed E-state index contributed by atoms with van der Waals surface area (Å²) >= 11 is 5.91. The lowest BCUT2D eigenvalue weighted by Crippen LogP contribution is -2.55. The van der Waals surface area contributed by atoms with Gasteiger partial charge in [0, 0.05) is 37.7 Å². The molecule has 3 nitrogen and oxygen atoms in total. The molecule has 1 aromatic carbocycles. The summed E-state index contributed by atoms with van der Waals surface area (Å²) in [5.74, 6) is 0. The minimum absolute atomic E-state index is 0.106. The van der Waals surface area contributed by atoms with Crippen molar-refractivity contribution in [2.75, 3.05) is 32.8 Å². The highest BCUT2D eigenvalue weighted by molar-refractivity contribution is 6.30. The summed E-state index contributed by atoms with van der Waals surface area (Å²) in [6.07, 6.45) is 2.27. The Labute approximate surface area is 119 Å². The number of benzene rings is 1. The number of hydrogen-bond donors (Lipinski definition) is 1. The van der Waals surface area contributed by atoms with E-state index in [2.05, 4.69) is 22.3 Å².